The number of amides is 1. The largest absolute Gasteiger partial charge is 0.397 e. The Kier molecular flexibility index (Phi) is 6.18. The van der Waals surface area contributed by atoms with Crippen LogP contribution in [0.4, 0.5) is 17.2 Å². The highest BCUT2D eigenvalue weighted by Crippen LogP contribution is 2.23. The smallest absolute Gasteiger partial charge is 0.255 e. The van der Waals surface area contributed by atoms with Crippen LogP contribution in [0.3, 0.4) is 0 Å². The number of aromatic nitrogens is 3. The Balaban J connectivity index is 1.38. The molecule has 0 aliphatic heterocycles. The molecule has 4 rings (SSSR count). The molecule has 0 saturated heterocycles. The predicted molar refractivity (Wildman–Crippen MR) is 126 cm³/mol. The molecule has 8 heteroatoms. The Morgan fingerprint density at radius 2 is 1.87 bits per heavy atom. The van der Waals surface area contributed by atoms with Crippen molar-refractivity contribution in [3.8, 4) is 11.4 Å². The van der Waals surface area contributed by atoms with Gasteiger partial charge in [-0.3, -0.25) is 9.78 Å². The van der Waals surface area contributed by atoms with Crippen molar-refractivity contribution in [3.63, 3.8) is 0 Å². The molecular formula is C23H19BrN6O. The van der Waals surface area contributed by atoms with Gasteiger partial charge in [-0.15, -0.1) is 0 Å². The fourth-order valence-electron chi connectivity index (χ4n) is 2.90. The maximum absolute atomic E-state index is 12.5. The van der Waals surface area contributed by atoms with Crippen LogP contribution in [-0.2, 0) is 6.54 Å². The van der Waals surface area contributed by atoms with E-state index in [1.165, 1.54) is 0 Å². The molecule has 0 saturated carbocycles. The fourth-order valence-corrected chi connectivity index (χ4v) is 3.28. The topological polar surface area (TPSA) is 106 Å². The van der Waals surface area contributed by atoms with Crippen molar-refractivity contribution < 1.29 is 4.79 Å². The third kappa shape index (κ3) is 5.23. The summed E-state index contributed by atoms with van der Waals surface area (Å²) in [5.41, 5.74) is 9.44. The zero-order chi connectivity index (χ0) is 21.6. The number of carbonyl (C=O) groups is 1. The number of pyridine rings is 1. The summed E-state index contributed by atoms with van der Waals surface area (Å²) in [7, 11) is 0. The second-order valence-corrected chi connectivity index (χ2v) is 7.66. The number of anilines is 3. The minimum absolute atomic E-state index is 0.217. The first-order valence-corrected chi connectivity index (χ1v) is 10.3. The van der Waals surface area contributed by atoms with Crippen LogP contribution >= 0.6 is 15.9 Å². The number of benzene rings is 2. The van der Waals surface area contributed by atoms with Crippen LogP contribution < -0.4 is 16.4 Å². The Morgan fingerprint density at radius 3 is 2.61 bits per heavy atom. The number of rotatable bonds is 6. The van der Waals surface area contributed by atoms with Gasteiger partial charge in [-0.2, -0.15) is 0 Å². The second kappa shape index (κ2) is 9.36. The summed E-state index contributed by atoms with van der Waals surface area (Å²) in [4.78, 5) is 25.4. The number of hydrogen-bond donors (Lipinski definition) is 3. The lowest BCUT2D eigenvalue weighted by molar-refractivity contribution is 0.102. The molecule has 4 N–H and O–H groups in total. The lowest BCUT2D eigenvalue weighted by Gasteiger charge is -2.10. The summed E-state index contributed by atoms with van der Waals surface area (Å²) in [6.45, 7) is 0.561. The van der Waals surface area contributed by atoms with Crippen molar-refractivity contribution in [2.75, 3.05) is 16.4 Å². The Hall–Kier alpha value is -3.78. The summed E-state index contributed by atoms with van der Waals surface area (Å²) < 4.78 is 0.857. The second-order valence-electron chi connectivity index (χ2n) is 6.74. The van der Waals surface area contributed by atoms with Gasteiger partial charge >= 0.3 is 0 Å². The van der Waals surface area contributed by atoms with E-state index < -0.39 is 0 Å². The van der Waals surface area contributed by atoms with Crippen LogP contribution in [0.15, 0.2) is 83.7 Å². The number of nitrogen functional groups attached to an aromatic ring is 1. The summed E-state index contributed by atoms with van der Waals surface area (Å²) in [5.74, 6) is 1.10. The van der Waals surface area contributed by atoms with Gasteiger partial charge in [0.2, 0.25) is 0 Å². The molecule has 0 fully saturated rings. The number of nitrogens with one attached hydrogen (secondary N) is 2. The number of halogens is 1. The average Bonchev–Trinajstić information content (AvgIpc) is 2.80. The molecule has 0 spiro atoms. The average molecular weight is 475 g/mol. The molecule has 2 aromatic heterocycles. The fraction of sp³-hybridized carbons (Fsp3) is 0.0435. The van der Waals surface area contributed by atoms with E-state index in [4.69, 9.17) is 5.73 Å². The van der Waals surface area contributed by atoms with E-state index in [9.17, 15) is 4.79 Å². The Labute approximate surface area is 187 Å². The van der Waals surface area contributed by atoms with Gasteiger partial charge in [0.05, 0.1) is 11.4 Å². The van der Waals surface area contributed by atoms with Gasteiger partial charge in [0.25, 0.3) is 5.91 Å². The summed E-state index contributed by atoms with van der Waals surface area (Å²) in [6.07, 6.45) is 5.15. The lowest BCUT2D eigenvalue weighted by atomic mass is 10.1. The number of nitrogens with zero attached hydrogens (tertiary/aromatic N) is 3. The van der Waals surface area contributed by atoms with E-state index in [2.05, 4.69) is 41.5 Å². The van der Waals surface area contributed by atoms with Crippen LogP contribution in [0.25, 0.3) is 11.4 Å². The number of hydrogen-bond acceptors (Lipinski definition) is 6. The van der Waals surface area contributed by atoms with Gasteiger partial charge in [-0.1, -0.05) is 28.1 Å². The van der Waals surface area contributed by atoms with Gasteiger partial charge in [0.15, 0.2) is 5.82 Å². The lowest BCUT2D eigenvalue weighted by Crippen LogP contribution is -2.13. The molecule has 4 aromatic rings. The van der Waals surface area contributed by atoms with Crippen molar-refractivity contribution in [2.24, 2.45) is 0 Å². The highest BCUT2D eigenvalue weighted by Gasteiger charge is 2.09. The summed E-state index contributed by atoms with van der Waals surface area (Å²) in [5, 5.41) is 6.11. The van der Waals surface area contributed by atoms with Crippen molar-refractivity contribution in [1.82, 2.24) is 15.0 Å². The molecule has 1 amide bonds. The van der Waals surface area contributed by atoms with Crippen molar-refractivity contribution in [3.05, 3.63) is 94.9 Å². The predicted octanol–water partition coefficient (Wildman–Crippen LogP) is 4.75. The first kappa shape index (κ1) is 20.5. The normalized spacial score (nSPS) is 10.5. The standard InChI is InChI=1S/C23H19BrN6O/c24-18-7-8-20(19(25)12-18)29-23(31)16-5-3-15(4-6-16)13-28-21-9-11-27-22(30-21)17-2-1-10-26-14-17/h1-12,14H,13,25H2,(H,29,31)(H,27,28,30). The molecule has 31 heavy (non-hydrogen) atoms. The SMILES string of the molecule is Nc1cc(Br)ccc1NC(=O)c1ccc(CNc2ccnc(-c3cccnc3)n2)cc1. The molecule has 0 aliphatic rings. The quantitative estimate of drug-likeness (QED) is 0.348. The van der Waals surface area contributed by atoms with Crippen LogP contribution in [0.5, 0.6) is 0 Å². The highest BCUT2D eigenvalue weighted by molar-refractivity contribution is 9.10. The molecule has 2 aromatic carbocycles. The van der Waals surface area contributed by atoms with E-state index in [0.717, 1.165) is 15.6 Å². The van der Waals surface area contributed by atoms with Crippen LogP contribution in [0, 0.1) is 0 Å². The van der Waals surface area contributed by atoms with E-state index in [0.29, 0.717) is 35.1 Å². The molecule has 0 atom stereocenters. The minimum atomic E-state index is -0.217. The molecule has 0 unspecified atom stereocenters. The van der Waals surface area contributed by atoms with Gasteiger partial charge in [-0.05, 0) is 54.1 Å². The zero-order valence-electron chi connectivity index (χ0n) is 16.4. The van der Waals surface area contributed by atoms with Crippen molar-refractivity contribution in [2.45, 2.75) is 6.54 Å². The molecule has 0 radical (unpaired) electrons. The van der Waals surface area contributed by atoms with Crippen LogP contribution in [0.2, 0.25) is 0 Å². The molecule has 154 valence electrons. The van der Waals surface area contributed by atoms with Crippen molar-refractivity contribution in [1.29, 1.82) is 0 Å². The third-order valence-corrected chi connectivity index (χ3v) is 5.02. The molecule has 2 heterocycles. The summed E-state index contributed by atoms with van der Waals surface area (Å²) in [6, 6.07) is 18.3. The van der Waals surface area contributed by atoms with E-state index >= 15 is 0 Å². The molecule has 0 bridgehead atoms. The zero-order valence-corrected chi connectivity index (χ0v) is 18.0. The first-order chi connectivity index (χ1) is 15.1. The van der Waals surface area contributed by atoms with Crippen LogP contribution in [-0.4, -0.2) is 20.9 Å². The van der Waals surface area contributed by atoms with Crippen LogP contribution in [0.1, 0.15) is 15.9 Å². The van der Waals surface area contributed by atoms with E-state index in [1.54, 1.807) is 42.9 Å². The monoisotopic (exact) mass is 474 g/mol. The number of carbonyl (C=O) groups excluding carboxylic acids is 1. The summed E-state index contributed by atoms with van der Waals surface area (Å²) >= 11 is 3.35. The first-order valence-electron chi connectivity index (χ1n) is 9.51. The van der Waals surface area contributed by atoms with Gasteiger partial charge in [-0.25, -0.2) is 9.97 Å². The number of nitrogens with two attached hydrogens (primary N) is 1. The van der Waals surface area contributed by atoms with E-state index in [-0.39, 0.29) is 5.91 Å². The highest BCUT2D eigenvalue weighted by atomic mass is 79.9. The van der Waals surface area contributed by atoms with E-state index in [1.807, 2.05) is 36.4 Å². The molecule has 7 nitrogen and oxygen atoms in total. The third-order valence-electron chi connectivity index (χ3n) is 4.53. The van der Waals surface area contributed by atoms with Gasteiger partial charge in [0.1, 0.15) is 5.82 Å². The Morgan fingerprint density at radius 1 is 1.03 bits per heavy atom. The van der Waals surface area contributed by atoms with Gasteiger partial charge < -0.3 is 16.4 Å². The molecule has 0 aliphatic carbocycles. The van der Waals surface area contributed by atoms with Gasteiger partial charge in [0, 0.05) is 40.7 Å². The Bertz CT molecular complexity index is 1200. The minimum Gasteiger partial charge on any atom is -0.397 e. The maximum atomic E-state index is 12.5. The maximum Gasteiger partial charge on any atom is 0.255 e. The van der Waals surface area contributed by atoms with Crippen molar-refractivity contribution >= 4 is 39.0 Å². The molecular weight excluding hydrogens is 456 g/mol.